The number of nitrogens with zero attached hydrogens (tertiary/aromatic N) is 2. The summed E-state index contributed by atoms with van der Waals surface area (Å²) in [6.07, 6.45) is 3.92. The van der Waals surface area contributed by atoms with Crippen LogP contribution in [0.2, 0.25) is 0 Å². The summed E-state index contributed by atoms with van der Waals surface area (Å²) in [4.78, 5) is 0. The Hall–Kier alpha value is -0.570. The first kappa shape index (κ1) is 6.55. The van der Waals surface area contributed by atoms with Gasteiger partial charge in [-0.25, -0.2) is 10.5 Å². The minimum absolute atomic E-state index is 1.11. The monoisotopic (exact) mass is 127 g/mol. The van der Waals surface area contributed by atoms with E-state index in [-0.39, 0.29) is 0 Å². The van der Waals surface area contributed by atoms with Crippen molar-refractivity contribution in [3.63, 3.8) is 0 Å². The zero-order chi connectivity index (χ0) is 6.53. The van der Waals surface area contributed by atoms with Gasteiger partial charge in [-0.05, 0) is 12.8 Å². The maximum Gasteiger partial charge on any atom is 0.0194 e. The molecule has 1 heterocycles. The Kier molecular flexibility index (Phi) is 2.51. The predicted octanol–water partition coefficient (Wildman–Crippen LogP) is 0.593. The molecule has 0 aromatic carbocycles. The SMILES string of the molecule is C=NNN1CCCCC1. The van der Waals surface area contributed by atoms with Crippen LogP contribution in [0.1, 0.15) is 19.3 Å². The van der Waals surface area contributed by atoms with Crippen LogP contribution in [0, 0.1) is 0 Å². The quantitative estimate of drug-likeness (QED) is 0.434. The normalized spacial score (nSPS) is 21.3. The average molecular weight is 127 g/mol. The molecule has 3 heteroatoms. The van der Waals surface area contributed by atoms with Gasteiger partial charge in [0.25, 0.3) is 0 Å². The molecule has 52 valence electrons. The van der Waals surface area contributed by atoms with E-state index in [9.17, 15) is 0 Å². The fraction of sp³-hybridized carbons (Fsp3) is 0.833. The van der Waals surface area contributed by atoms with Gasteiger partial charge in [0.05, 0.1) is 0 Å². The van der Waals surface area contributed by atoms with Crippen LogP contribution in [-0.4, -0.2) is 24.8 Å². The lowest BCUT2D eigenvalue weighted by Crippen LogP contribution is -2.38. The van der Waals surface area contributed by atoms with Crippen LogP contribution in [0.4, 0.5) is 0 Å². The van der Waals surface area contributed by atoms with E-state index < -0.39 is 0 Å². The first-order chi connectivity index (χ1) is 4.43. The number of hydrazone groups is 1. The molecule has 0 spiro atoms. The Morgan fingerprint density at radius 3 is 2.44 bits per heavy atom. The van der Waals surface area contributed by atoms with Crippen LogP contribution >= 0.6 is 0 Å². The molecule has 0 bridgehead atoms. The summed E-state index contributed by atoms with van der Waals surface area (Å²) in [5.74, 6) is 0. The molecule has 0 atom stereocenters. The number of piperidine rings is 1. The number of hydrazine groups is 1. The Bertz CT molecular complexity index is 86.3. The Morgan fingerprint density at radius 2 is 1.89 bits per heavy atom. The maximum absolute atomic E-state index is 3.59. The topological polar surface area (TPSA) is 27.6 Å². The molecular formula is C6H13N3. The molecule has 1 rings (SSSR count). The second-order valence-corrected chi connectivity index (χ2v) is 2.31. The summed E-state index contributed by atoms with van der Waals surface area (Å²) in [5, 5.41) is 5.68. The molecular weight excluding hydrogens is 114 g/mol. The third-order valence-corrected chi connectivity index (χ3v) is 1.57. The summed E-state index contributed by atoms with van der Waals surface area (Å²) < 4.78 is 0. The van der Waals surface area contributed by atoms with Crippen LogP contribution in [-0.2, 0) is 0 Å². The summed E-state index contributed by atoms with van der Waals surface area (Å²) >= 11 is 0. The van der Waals surface area contributed by atoms with Crippen LogP contribution in [0.5, 0.6) is 0 Å². The van der Waals surface area contributed by atoms with E-state index in [0.717, 1.165) is 13.1 Å². The number of hydrogen-bond acceptors (Lipinski definition) is 3. The van der Waals surface area contributed by atoms with Gasteiger partial charge in [0, 0.05) is 19.8 Å². The van der Waals surface area contributed by atoms with Gasteiger partial charge in [0.15, 0.2) is 0 Å². The Morgan fingerprint density at radius 1 is 1.22 bits per heavy atom. The van der Waals surface area contributed by atoms with E-state index in [1.165, 1.54) is 19.3 Å². The van der Waals surface area contributed by atoms with E-state index in [2.05, 4.69) is 22.4 Å². The lowest BCUT2D eigenvalue weighted by Gasteiger charge is -2.24. The number of hydrogen-bond donors (Lipinski definition) is 1. The standard InChI is InChI=1S/C6H13N3/c1-7-8-9-5-3-2-4-6-9/h8H,1-6H2. The van der Waals surface area contributed by atoms with Crippen molar-refractivity contribution in [2.24, 2.45) is 5.10 Å². The van der Waals surface area contributed by atoms with Crippen molar-refractivity contribution in [3.05, 3.63) is 0 Å². The van der Waals surface area contributed by atoms with Crippen molar-refractivity contribution in [2.75, 3.05) is 13.1 Å². The number of rotatable bonds is 2. The van der Waals surface area contributed by atoms with Gasteiger partial charge >= 0.3 is 0 Å². The highest BCUT2D eigenvalue weighted by atomic mass is 15.6. The smallest absolute Gasteiger partial charge is 0.0194 e. The highest BCUT2D eigenvalue weighted by Gasteiger charge is 2.06. The zero-order valence-electron chi connectivity index (χ0n) is 5.64. The van der Waals surface area contributed by atoms with E-state index in [4.69, 9.17) is 0 Å². The van der Waals surface area contributed by atoms with Crippen LogP contribution in [0.15, 0.2) is 5.10 Å². The summed E-state index contributed by atoms with van der Waals surface area (Å²) in [6, 6.07) is 0. The first-order valence-corrected chi connectivity index (χ1v) is 3.40. The van der Waals surface area contributed by atoms with Crippen molar-refractivity contribution in [3.8, 4) is 0 Å². The molecule has 1 saturated heterocycles. The number of nitrogens with one attached hydrogen (secondary N) is 1. The molecule has 1 fully saturated rings. The fourth-order valence-electron chi connectivity index (χ4n) is 1.09. The average Bonchev–Trinajstić information content (AvgIpc) is 1.91. The molecule has 3 nitrogen and oxygen atoms in total. The van der Waals surface area contributed by atoms with Crippen molar-refractivity contribution >= 4 is 6.72 Å². The van der Waals surface area contributed by atoms with Crippen LogP contribution in [0.25, 0.3) is 0 Å². The summed E-state index contributed by atoms with van der Waals surface area (Å²) in [5.41, 5.74) is 2.83. The van der Waals surface area contributed by atoms with Crippen molar-refractivity contribution in [2.45, 2.75) is 19.3 Å². The minimum Gasteiger partial charge on any atom is -0.241 e. The molecule has 0 radical (unpaired) electrons. The molecule has 1 N–H and O–H groups in total. The fourth-order valence-corrected chi connectivity index (χ4v) is 1.09. The lowest BCUT2D eigenvalue weighted by molar-refractivity contribution is 0.158. The maximum atomic E-state index is 3.59. The molecule has 1 aliphatic heterocycles. The highest BCUT2D eigenvalue weighted by Crippen LogP contribution is 2.04. The first-order valence-electron chi connectivity index (χ1n) is 3.40. The van der Waals surface area contributed by atoms with Gasteiger partial charge in [0.1, 0.15) is 0 Å². The summed E-state index contributed by atoms with van der Waals surface area (Å²) in [6.45, 7) is 5.57. The second-order valence-electron chi connectivity index (χ2n) is 2.31. The molecule has 0 aromatic rings. The third kappa shape index (κ3) is 2.01. The Labute approximate surface area is 55.7 Å². The van der Waals surface area contributed by atoms with Crippen LogP contribution < -0.4 is 5.53 Å². The van der Waals surface area contributed by atoms with Gasteiger partial charge in [-0.1, -0.05) is 6.42 Å². The van der Waals surface area contributed by atoms with Crippen molar-refractivity contribution in [1.29, 1.82) is 0 Å². The van der Waals surface area contributed by atoms with Gasteiger partial charge in [-0.2, -0.15) is 5.10 Å². The van der Waals surface area contributed by atoms with Crippen LogP contribution in [0.3, 0.4) is 0 Å². The van der Waals surface area contributed by atoms with Gasteiger partial charge in [0.2, 0.25) is 0 Å². The largest absolute Gasteiger partial charge is 0.241 e. The van der Waals surface area contributed by atoms with Crippen molar-refractivity contribution in [1.82, 2.24) is 10.5 Å². The lowest BCUT2D eigenvalue weighted by atomic mass is 10.2. The minimum atomic E-state index is 1.11. The van der Waals surface area contributed by atoms with E-state index in [1.807, 2.05) is 0 Å². The van der Waals surface area contributed by atoms with E-state index in [1.54, 1.807) is 0 Å². The highest BCUT2D eigenvalue weighted by molar-refractivity contribution is 5.22. The molecule has 1 aliphatic rings. The molecule has 0 saturated carbocycles. The zero-order valence-corrected chi connectivity index (χ0v) is 5.64. The Balaban J connectivity index is 2.15. The van der Waals surface area contributed by atoms with E-state index >= 15 is 0 Å². The molecule has 9 heavy (non-hydrogen) atoms. The van der Waals surface area contributed by atoms with Crippen molar-refractivity contribution < 1.29 is 0 Å². The van der Waals surface area contributed by atoms with Gasteiger partial charge < -0.3 is 0 Å². The molecule has 0 aromatic heterocycles. The summed E-state index contributed by atoms with van der Waals surface area (Å²) in [7, 11) is 0. The van der Waals surface area contributed by atoms with Gasteiger partial charge in [-0.3, -0.25) is 0 Å². The molecule has 0 unspecified atom stereocenters. The second kappa shape index (κ2) is 3.45. The third-order valence-electron chi connectivity index (χ3n) is 1.57. The predicted molar refractivity (Wildman–Crippen MR) is 38.1 cm³/mol. The van der Waals surface area contributed by atoms with E-state index in [0.29, 0.717) is 0 Å². The molecule has 0 amide bonds. The van der Waals surface area contributed by atoms with Gasteiger partial charge in [-0.15, -0.1) is 0 Å². The molecule has 0 aliphatic carbocycles.